The van der Waals surface area contributed by atoms with E-state index in [4.69, 9.17) is 0 Å². The Hall–Kier alpha value is -1.03. The van der Waals surface area contributed by atoms with Gasteiger partial charge in [-0.25, -0.2) is 4.98 Å². The van der Waals surface area contributed by atoms with Crippen LogP contribution in [0, 0.1) is 12.8 Å². The summed E-state index contributed by atoms with van der Waals surface area (Å²) >= 11 is 0. The number of imidazole rings is 1. The summed E-state index contributed by atoms with van der Waals surface area (Å²) in [5.41, 5.74) is 1.13. The zero-order chi connectivity index (χ0) is 12.5. The molecule has 18 heavy (non-hydrogen) atoms. The molecule has 0 bridgehead atoms. The number of nitrogens with zero attached hydrogens (tertiary/aromatic N) is 3. The van der Waals surface area contributed by atoms with Gasteiger partial charge in [0.1, 0.15) is 0 Å². The molecule has 1 aliphatic carbocycles. The molecule has 2 aliphatic rings. The third-order valence-corrected chi connectivity index (χ3v) is 4.06. The molecule has 2 heterocycles. The molecule has 4 heteroatoms. The number of anilines is 1. The first-order valence-electron chi connectivity index (χ1n) is 7.20. The maximum Gasteiger partial charge on any atom is 0.203 e. The van der Waals surface area contributed by atoms with Crippen molar-refractivity contribution in [2.75, 3.05) is 32.0 Å². The predicted octanol–water partition coefficient (Wildman–Crippen LogP) is 2.28. The molecule has 100 valence electrons. The molecule has 1 saturated carbocycles. The molecule has 1 atom stereocenters. The van der Waals surface area contributed by atoms with Crippen LogP contribution in [0.2, 0.25) is 0 Å². The van der Waals surface area contributed by atoms with Crippen LogP contribution in [0.3, 0.4) is 0 Å². The highest BCUT2D eigenvalue weighted by Crippen LogP contribution is 2.37. The van der Waals surface area contributed by atoms with Crippen LogP contribution in [0.15, 0.2) is 6.20 Å². The van der Waals surface area contributed by atoms with Crippen molar-refractivity contribution in [1.29, 1.82) is 0 Å². The van der Waals surface area contributed by atoms with Crippen molar-refractivity contribution in [2.24, 2.45) is 5.92 Å². The minimum atomic E-state index is 0.711. The second-order valence-electron chi connectivity index (χ2n) is 6.00. The van der Waals surface area contributed by atoms with Gasteiger partial charge in [0.2, 0.25) is 5.95 Å². The molecule has 1 aliphatic heterocycles. The lowest BCUT2D eigenvalue weighted by Gasteiger charge is -2.29. The quantitative estimate of drug-likeness (QED) is 0.887. The van der Waals surface area contributed by atoms with Gasteiger partial charge in [-0.2, -0.15) is 0 Å². The van der Waals surface area contributed by atoms with E-state index in [1.165, 1.54) is 38.8 Å². The predicted molar refractivity (Wildman–Crippen MR) is 73.9 cm³/mol. The Kier molecular flexibility index (Phi) is 3.29. The van der Waals surface area contributed by atoms with Crippen LogP contribution in [0.4, 0.5) is 5.95 Å². The molecule has 0 amide bonds. The third kappa shape index (κ3) is 2.69. The SMILES string of the molecule is Cc1cn(C2CC2)c(NCC2CCCN(C)C2)n1. The van der Waals surface area contributed by atoms with E-state index in [1.54, 1.807) is 0 Å². The van der Waals surface area contributed by atoms with Crippen LogP contribution in [0.25, 0.3) is 0 Å². The lowest BCUT2D eigenvalue weighted by atomic mass is 9.99. The summed E-state index contributed by atoms with van der Waals surface area (Å²) in [6, 6.07) is 0.711. The van der Waals surface area contributed by atoms with Crippen LogP contribution in [-0.2, 0) is 0 Å². The fourth-order valence-corrected chi connectivity index (χ4v) is 2.95. The normalized spacial score (nSPS) is 25.3. The maximum atomic E-state index is 4.61. The number of aromatic nitrogens is 2. The number of nitrogens with one attached hydrogen (secondary N) is 1. The molecule has 0 spiro atoms. The van der Waals surface area contributed by atoms with Crippen LogP contribution < -0.4 is 5.32 Å². The second-order valence-corrected chi connectivity index (χ2v) is 6.00. The minimum absolute atomic E-state index is 0.711. The molecule has 1 N–H and O–H groups in total. The van der Waals surface area contributed by atoms with Gasteiger partial charge in [-0.1, -0.05) is 0 Å². The van der Waals surface area contributed by atoms with Gasteiger partial charge in [-0.3, -0.25) is 0 Å². The van der Waals surface area contributed by atoms with Crippen molar-refractivity contribution >= 4 is 5.95 Å². The van der Waals surface area contributed by atoms with Gasteiger partial charge in [0.15, 0.2) is 0 Å². The van der Waals surface area contributed by atoms with Crippen LogP contribution in [0.1, 0.15) is 37.4 Å². The molecule has 1 aromatic heterocycles. The summed E-state index contributed by atoms with van der Waals surface area (Å²) in [7, 11) is 2.22. The first kappa shape index (κ1) is 12.0. The second kappa shape index (κ2) is 4.92. The maximum absolute atomic E-state index is 4.61. The van der Waals surface area contributed by atoms with Crippen molar-refractivity contribution in [2.45, 2.75) is 38.6 Å². The van der Waals surface area contributed by atoms with E-state index in [0.717, 1.165) is 24.1 Å². The summed E-state index contributed by atoms with van der Waals surface area (Å²) in [6.45, 7) is 5.62. The van der Waals surface area contributed by atoms with Crippen molar-refractivity contribution < 1.29 is 0 Å². The van der Waals surface area contributed by atoms with Crippen molar-refractivity contribution in [3.8, 4) is 0 Å². The fourth-order valence-electron chi connectivity index (χ4n) is 2.95. The Morgan fingerprint density at radius 3 is 2.94 bits per heavy atom. The van der Waals surface area contributed by atoms with Gasteiger partial charge in [0.25, 0.3) is 0 Å². The van der Waals surface area contributed by atoms with Crippen LogP contribution >= 0.6 is 0 Å². The molecule has 3 rings (SSSR count). The van der Waals surface area contributed by atoms with E-state index in [-0.39, 0.29) is 0 Å². The highest BCUT2D eigenvalue weighted by atomic mass is 15.2. The first-order valence-corrected chi connectivity index (χ1v) is 7.20. The number of likely N-dealkylation sites (tertiary alicyclic amines) is 1. The van der Waals surface area contributed by atoms with Gasteiger partial charge in [0, 0.05) is 25.3 Å². The highest BCUT2D eigenvalue weighted by molar-refractivity contribution is 5.30. The van der Waals surface area contributed by atoms with Gasteiger partial charge >= 0.3 is 0 Å². The number of aryl methyl sites for hydroxylation is 1. The minimum Gasteiger partial charge on any atom is -0.355 e. The number of rotatable bonds is 4. The summed E-state index contributed by atoms with van der Waals surface area (Å²) in [6.07, 6.45) is 7.50. The highest BCUT2D eigenvalue weighted by Gasteiger charge is 2.26. The summed E-state index contributed by atoms with van der Waals surface area (Å²) in [5.74, 6) is 1.86. The smallest absolute Gasteiger partial charge is 0.203 e. The lowest BCUT2D eigenvalue weighted by molar-refractivity contribution is 0.217. The third-order valence-electron chi connectivity index (χ3n) is 4.06. The average Bonchev–Trinajstić information content (AvgIpc) is 3.11. The Labute approximate surface area is 109 Å². The van der Waals surface area contributed by atoms with Crippen molar-refractivity contribution in [3.63, 3.8) is 0 Å². The monoisotopic (exact) mass is 248 g/mol. The van der Waals surface area contributed by atoms with E-state index in [9.17, 15) is 0 Å². The standard InChI is InChI=1S/C14H24N4/c1-11-9-18(13-5-6-13)14(16-11)15-8-12-4-3-7-17(2)10-12/h9,12-13H,3-8,10H2,1-2H3,(H,15,16). The Morgan fingerprint density at radius 1 is 1.39 bits per heavy atom. The van der Waals surface area contributed by atoms with E-state index in [0.29, 0.717) is 6.04 Å². The fraction of sp³-hybridized carbons (Fsp3) is 0.786. The van der Waals surface area contributed by atoms with E-state index < -0.39 is 0 Å². The van der Waals surface area contributed by atoms with E-state index in [2.05, 4.69) is 39.9 Å². The molecular weight excluding hydrogens is 224 g/mol. The molecule has 0 aromatic carbocycles. The van der Waals surface area contributed by atoms with Gasteiger partial charge in [0.05, 0.1) is 5.69 Å². The van der Waals surface area contributed by atoms with Crippen molar-refractivity contribution in [1.82, 2.24) is 14.5 Å². The van der Waals surface area contributed by atoms with Crippen LogP contribution in [0.5, 0.6) is 0 Å². The summed E-state index contributed by atoms with van der Waals surface area (Å²) in [5, 5.41) is 3.57. The van der Waals surface area contributed by atoms with E-state index >= 15 is 0 Å². The molecule has 1 unspecified atom stereocenters. The lowest BCUT2D eigenvalue weighted by Crippen LogP contribution is -2.35. The Balaban J connectivity index is 1.59. The Morgan fingerprint density at radius 2 is 2.22 bits per heavy atom. The van der Waals surface area contributed by atoms with Gasteiger partial charge < -0.3 is 14.8 Å². The molecule has 2 fully saturated rings. The number of piperidine rings is 1. The number of hydrogen-bond acceptors (Lipinski definition) is 3. The topological polar surface area (TPSA) is 33.1 Å². The zero-order valence-electron chi connectivity index (χ0n) is 11.5. The molecule has 1 aromatic rings. The molecular formula is C14H24N4. The van der Waals surface area contributed by atoms with E-state index in [1.807, 2.05) is 0 Å². The molecule has 1 saturated heterocycles. The largest absolute Gasteiger partial charge is 0.355 e. The van der Waals surface area contributed by atoms with Crippen molar-refractivity contribution in [3.05, 3.63) is 11.9 Å². The molecule has 4 nitrogen and oxygen atoms in total. The number of hydrogen-bond donors (Lipinski definition) is 1. The summed E-state index contributed by atoms with van der Waals surface area (Å²) < 4.78 is 2.34. The zero-order valence-corrected chi connectivity index (χ0v) is 11.5. The van der Waals surface area contributed by atoms with Gasteiger partial charge in [-0.05, 0) is 52.1 Å². The average molecular weight is 248 g/mol. The first-order chi connectivity index (χ1) is 8.72. The van der Waals surface area contributed by atoms with Gasteiger partial charge in [-0.15, -0.1) is 0 Å². The molecule has 0 radical (unpaired) electrons. The Bertz CT molecular complexity index is 408. The van der Waals surface area contributed by atoms with Crippen LogP contribution in [-0.4, -0.2) is 41.1 Å². The summed E-state index contributed by atoms with van der Waals surface area (Å²) in [4.78, 5) is 7.05.